The van der Waals surface area contributed by atoms with Crippen LogP contribution in [0.1, 0.15) is 38.7 Å². The van der Waals surface area contributed by atoms with Gasteiger partial charge < -0.3 is 15.5 Å². The molecule has 120 valence electrons. The SMILES string of the molecule is CC1(C)CC(C(=O)NCc2ccccc2N2CCCC2)CN1. The van der Waals surface area contributed by atoms with Crippen LogP contribution in [0.3, 0.4) is 0 Å². The minimum atomic E-state index is 0.0788. The van der Waals surface area contributed by atoms with E-state index in [0.717, 1.165) is 26.1 Å². The lowest BCUT2D eigenvalue weighted by molar-refractivity contribution is -0.124. The lowest BCUT2D eigenvalue weighted by atomic mass is 9.96. The van der Waals surface area contributed by atoms with E-state index in [-0.39, 0.29) is 17.4 Å². The molecule has 1 aromatic carbocycles. The first-order valence-corrected chi connectivity index (χ1v) is 8.41. The number of hydrogen-bond acceptors (Lipinski definition) is 3. The fourth-order valence-corrected chi connectivity index (χ4v) is 3.60. The van der Waals surface area contributed by atoms with Gasteiger partial charge in [0.1, 0.15) is 0 Å². The maximum atomic E-state index is 12.4. The zero-order valence-corrected chi connectivity index (χ0v) is 13.7. The summed E-state index contributed by atoms with van der Waals surface area (Å²) in [7, 11) is 0. The molecule has 0 aromatic heterocycles. The molecule has 3 rings (SSSR count). The van der Waals surface area contributed by atoms with Crippen molar-refractivity contribution in [1.29, 1.82) is 0 Å². The lowest BCUT2D eigenvalue weighted by Crippen LogP contribution is -2.32. The molecule has 4 nitrogen and oxygen atoms in total. The first-order chi connectivity index (χ1) is 10.6. The van der Waals surface area contributed by atoms with Crippen LogP contribution in [-0.4, -0.2) is 31.1 Å². The molecule has 1 unspecified atom stereocenters. The number of benzene rings is 1. The van der Waals surface area contributed by atoms with Gasteiger partial charge in [-0.25, -0.2) is 0 Å². The van der Waals surface area contributed by atoms with Gasteiger partial charge in [-0.15, -0.1) is 0 Å². The Kier molecular flexibility index (Phi) is 4.39. The van der Waals surface area contributed by atoms with Gasteiger partial charge in [0.2, 0.25) is 5.91 Å². The summed E-state index contributed by atoms with van der Waals surface area (Å²) in [6.45, 7) is 7.98. The third-order valence-corrected chi connectivity index (χ3v) is 4.85. The highest BCUT2D eigenvalue weighted by molar-refractivity contribution is 5.79. The molecule has 2 N–H and O–H groups in total. The topological polar surface area (TPSA) is 44.4 Å². The van der Waals surface area contributed by atoms with Crippen molar-refractivity contribution >= 4 is 11.6 Å². The number of hydrogen-bond donors (Lipinski definition) is 2. The largest absolute Gasteiger partial charge is 0.371 e. The summed E-state index contributed by atoms with van der Waals surface area (Å²) in [5.74, 6) is 0.267. The van der Waals surface area contributed by atoms with E-state index >= 15 is 0 Å². The fraction of sp³-hybridized carbons (Fsp3) is 0.611. The highest BCUT2D eigenvalue weighted by atomic mass is 16.1. The summed E-state index contributed by atoms with van der Waals surface area (Å²) in [5.41, 5.74) is 2.59. The minimum absolute atomic E-state index is 0.0788. The summed E-state index contributed by atoms with van der Waals surface area (Å²) in [4.78, 5) is 14.8. The minimum Gasteiger partial charge on any atom is -0.371 e. The number of anilines is 1. The molecule has 2 fully saturated rings. The molecule has 1 aromatic rings. The predicted molar refractivity (Wildman–Crippen MR) is 89.9 cm³/mol. The number of carbonyl (C=O) groups is 1. The molecule has 1 amide bonds. The van der Waals surface area contributed by atoms with Crippen molar-refractivity contribution in [2.24, 2.45) is 5.92 Å². The van der Waals surface area contributed by atoms with Crippen LogP contribution < -0.4 is 15.5 Å². The zero-order chi connectivity index (χ0) is 15.6. The molecule has 0 radical (unpaired) electrons. The van der Waals surface area contributed by atoms with Crippen molar-refractivity contribution in [2.75, 3.05) is 24.5 Å². The van der Waals surface area contributed by atoms with Crippen molar-refractivity contribution in [1.82, 2.24) is 10.6 Å². The summed E-state index contributed by atoms with van der Waals surface area (Å²) in [6, 6.07) is 8.45. The second-order valence-electron chi connectivity index (χ2n) is 7.21. The number of amides is 1. The maximum Gasteiger partial charge on any atom is 0.224 e. The summed E-state index contributed by atoms with van der Waals surface area (Å²) in [5, 5.41) is 6.55. The van der Waals surface area contributed by atoms with Gasteiger partial charge in [0, 0.05) is 37.4 Å². The number of nitrogens with zero attached hydrogens (tertiary/aromatic N) is 1. The number of para-hydroxylation sites is 1. The van der Waals surface area contributed by atoms with Crippen molar-refractivity contribution in [3.63, 3.8) is 0 Å². The molecule has 2 aliphatic heterocycles. The molecule has 0 bridgehead atoms. The number of nitrogens with one attached hydrogen (secondary N) is 2. The molecule has 0 saturated carbocycles. The molecular weight excluding hydrogens is 274 g/mol. The van der Waals surface area contributed by atoms with Crippen LogP contribution in [-0.2, 0) is 11.3 Å². The van der Waals surface area contributed by atoms with Crippen LogP contribution in [0.2, 0.25) is 0 Å². The molecule has 0 spiro atoms. The third kappa shape index (κ3) is 3.43. The van der Waals surface area contributed by atoms with Crippen molar-refractivity contribution in [2.45, 2.75) is 45.2 Å². The van der Waals surface area contributed by atoms with E-state index in [1.54, 1.807) is 0 Å². The van der Waals surface area contributed by atoms with Crippen LogP contribution in [0.4, 0.5) is 5.69 Å². The highest BCUT2D eigenvalue weighted by Gasteiger charge is 2.34. The van der Waals surface area contributed by atoms with Crippen LogP contribution in [0, 0.1) is 5.92 Å². The van der Waals surface area contributed by atoms with Gasteiger partial charge in [0.25, 0.3) is 0 Å². The predicted octanol–water partition coefficient (Wildman–Crippen LogP) is 2.29. The quantitative estimate of drug-likeness (QED) is 0.897. The smallest absolute Gasteiger partial charge is 0.224 e. The molecule has 0 aliphatic carbocycles. The summed E-state index contributed by atoms with van der Waals surface area (Å²) >= 11 is 0. The molecule has 4 heteroatoms. The van der Waals surface area contributed by atoms with Gasteiger partial charge in [-0.3, -0.25) is 4.79 Å². The number of rotatable bonds is 4. The molecule has 2 heterocycles. The highest BCUT2D eigenvalue weighted by Crippen LogP contribution is 2.26. The fourth-order valence-electron chi connectivity index (χ4n) is 3.60. The van der Waals surface area contributed by atoms with E-state index in [1.807, 2.05) is 0 Å². The lowest BCUT2D eigenvalue weighted by Gasteiger charge is -2.22. The van der Waals surface area contributed by atoms with Gasteiger partial charge in [-0.05, 0) is 44.7 Å². The standard InChI is InChI=1S/C18H27N3O/c1-18(2)11-15(13-20-18)17(22)19-12-14-7-3-4-8-16(14)21-9-5-6-10-21/h3-4,7-8,15,20H,5-6,9-13H2,1-2H3,(H,19,22). The van der Waals surface area contributed by atoms with Crippen LogP contribution in [0.15, 0.2) is 24.3 Å². The molecule has 22 heavy (non-hydrogen) atoms. The Morgan fingerprint density at radius 3 is 2.73 bits per heavy atom. The Bertz CT molecular complexity index is 535. The first kappa shape index (κ1) is 15.3. The average Bonchev–Trinajstić information content (AvgIpc) is 3.14. The molecule has 2 saturated heterocycles. The van der Waals surface area contributed by atoms with E-state index < -0.39 is 0 Å². The van der Waals surface area contributed by atoms with Crippen molar-refractivity contribution < 1.29 is 4.79 Å². The van der Waals surface area contributed by atoms with Gasteiger partial charge in [-0.2, -0.15) is 0 Å². The molecule has 2 aliphatic rings. The molecular formula is C18H27N3O. The summed E-state index contributed by atoms with van der Waals surface area (Å²) < 4.78 is 0. The van der Waals surface area contributed by atoms with Gasteiger partial charge in [-0.1, -0.05) is 18.2 Å². The number of carbonyl (C=O) groups excluding carboxylic acids is 1. The van der Waals surface area contributed by atoms with Gasteiger partial charge in [0.05, 0.1) is 5.92 Å². The zero-order valence-electron chi connectivity index (χ0n) is 13.7. The van der Waals surface area contributed by atoms with E-state index in [4.69, 9.17) is 0 Å². The van der Waals surface area contributed by atoms with Gasteiger partial charge in [0.15, 0.2) is 0 Å². The van der Waals surface area contributed by atoms with Crippen LogP contribution in [0.25, 0.3) is 0 Å². The monoisotopic (exact) mass is 301 g/mol. The first-order valence-electron chi connectivity index (χ1n) is 8.41. The van der Waals surface area contributed by atoms with Crippen LogP contribution in [0.5, 0.6) is 0 Å². The van der Waals surface area contributed by atoms with E-state index in [9.17, 15) is 4.79 Å². The van der Waals surface area contributed by atoms with Crippen LogP contribution >= 0.6 is 0 Å². The third-order valence-electron chi connectivity index (χ3n) is 4.85. The molecule has 1 atom stereocenters. The maximum absolute atomic E-state index is 12.4. The van der Waals surface area contributed by atoms with Crippen molar-refractivity contribution in [3.05, 3.63) is 29.8 Å². The average molecular weight is 301 g/mol. The second-order valence-corrected chi connectivity index (χ2v) is 7.21. The normalized spacial score (nSPS) is 23.7. The Morgan fingerprint density at radius 1 is 1.32 bits per heavy atom. The summed E-state index contributed by atoms with van der Waals surface area (Å²) in [6.07, 6.45) is 3.44. The van der Waals surface area contributed by atoms with E-state index in [1.165, 1.54) is 24.1 Å². The Labute approximate surface area is 133 Å². The van der Waals surface area contributed by atoms with Crippen molar-refractivity contribution in [3.8, 4) is 0 Å². The van der Waals surface area contributed by atoms with E-state index in [2.05, 4.69) is 53.6 Å². The van der Waals surface area contributed by atoms with E-state index in [0.29, 0.717) is 6.54 Å². The van der Waals surface area contributed by atoms with Gasteiger partial charge >= 0.3 is 0 Å². The Morgan fingerprint density at radius 2 is 2.05 bits per heavy atom. The second kappa shape index (κ2) is 6.29. The Hall–Kier alpha value is -1.55. The Balaban J connectivity index is 1.61.